The maximum Gasteiger partial charge on any atom is 0.154 e. The third-order valence-electron chi connectivity index (χ3n) is 6.03. The zero-order valence-electron chi connectivity index (χ0n) is 15.4. The molecule has 0 saturated carbocycles. The zero-order chi connectivity index (χ0) is 18.1. The number of phenolic OH excluding ortho intramolecular Hbond substituents is 1. The third-order valence-corrected chi connectivity index (χ3v) is 6.03. The van der Waals surface area contributed by atoms with E-state index in [0.29, 0.717) is 11.6 Å². The number of piperazine rings is 1. The van der Waals surface area contributed by atoms with Crippen LogP contribution in [0.15, 0.2) is 30.3 Å². The van der Waals surface area contributed by atoms with Gasteiger partial charge in [-0.3, -0.25) is 9.69 Å². The van der Waals surface area contributed by atoms with Crippen LogP contribution in [0.4, 0.5) is 5.69 Å². The topological polar surface area (TPSA) is 47.0 Å². The fourth-order valence-corrected chi connectivity index (χ4v) is 4.32. The zero-order valence-corrected chi connectivity index (χ0v) is 15.4. The van der Waals surface area contributed by atoms with Gasteiger partial charge in [0.05, 0.1) is 5.56 Å². The largest absolute Gasteiger partial charge is 0.507 e. The van der Waals surface area contributed by atoms with Crippen molar-refractivity contribution in [2.24, 2.45) is 0 Å². The van der Waals surface area contributed by atoms with E-state index in [1.54, 1.807) is 6.07 Å². The number of hydrogen-bond acceptors (Lipinski definition) is 5. The van der Waals surface area contributed by atoms with Crippen molar-refractivity contribution in [3.8, 4) is 5.75 Å². The molecule has 2 aromatic rings. The number of benzene rings is 2. The number of hydrogen-bond donors (Lipinski definition) is 1. The number of nitrogens with zero attached hydrogens (tertiary/aromatic N) is 3. The van der Waals surface area contributed by atoms with Gasteiger partial charge in [0.25, 0.3) is 0 Å². The van der Waals surface area contributed by atoms with Gasteiger partial charge in [0.2, 0.25) is 0 Å². The highest BCUT2D eigenvalue weighted by molar-refractivity contribution is 6.02. The Hall–Kier alpha value is -2.11. The fourth-order valence-electron chi connectivity index (χ4n) is 4.32. The smallest absolute Gasteiger partial charge is 0.154 e. The normalized spacial score (nSPS) is 20.6. The molecule has 0 aliphatic carbocycles. The van der Waals surface area contributed by atoms with E-state index in [1.165, 1.54) is 39.0 Å². The van der Waals surface area contributed by atoms with Gasteiger partial charge in [-0.05, 0) is 48.9 Å². The summed E-state index contributed by atoms with van der Waals surface area (Å²) in [5, 5.41) is 11.8. The minimum Gasteiger partial charge on any atom is -0.507 e. The monoisotopic (exact) mass is 353 g/mol. The Kier molecular flexibility index (Phi) is 4.83. The lowest BCUT2D eigenvalue weighted by Crippen LogP contribution is -2.52. The standard InChI is InChI=1S/C21H27N3O2/c1-22-10-12-24(13-11-22)17-6-8-23(9-7-17)18-4-2-16-3-5-21(26)20(15-25)19(16)14-18/h2-5,14-15,17,26H,6-13H2,1H3. The summed E-state index contributed by atoms with van der Waals surface area (Å²) < 4.78 is 0. The minimum atomic E-state index is 0.0541. The molecule has 2 aromatic carbocycles. The molecule has 5 nitrogen and oxygen atoms in total. The van der Waals surface area contributed by atoms with Gasteiger partial charge in [0.15, 0.2) is 6.29 Å². The maximum atomic E-state index is 11.4. The summed E-state index contributed by atoms with van der Waals surface area (Å²) in [6.45, 7) is 6.78. The second kappa shape index (κ2) is 7.25. The minimum absolute atomic E-state index is 0.0541. The number of rotatable bonds is 3. The molecule has 0 aromatic heterocycles. The molecule has 0 atom stereocenters. The molecule has 0 radical (unpaired) electrons. The molecular formula is C21H27N3O2. The molecule has 26 heavy (non-hydrogen) atoms. The first-order valence-electron chi connectivity index (χ1n) is 9.54. The number of carbonyl (C=O) groups is 1. The van der Waals surface area contributed by atoms with Crippen molar-refractivity contribution < 1.29 is 9.90 Å². The number of likely N-dealkylation sites (N-methyl/N-ethyl adjacent to an activating group) is 1. The number of carbonyl (C=O) groups excluding carboxylic acids is 1. The summed E-state index contributed by atoms with van der Waals surface area (Å²) in [4.78, 5) is 18.9. The molecule has 1 N–H and O–H groups in total. The van der Waals surface area contributed by atoms with Crippen LogP contribution in [0.1, 0.15) is 23.2 Å². The molecule has 2 aliphatic rings. The van der Waals surface area contributed by atoms with Crippen LogP contribution in [-0.2, 0) is 0 Å². The van der Waals surface area contributed by atoms with Crippen LogP contribution >= 0.6 is 0 Å². The predicted molar refractivity (Wildman–Crippen MR) is 105 cm³/mol. The van der Waals surface area contributed by atoms with Gasteiger partial charge < -0.3 is 14.9 Å². The van der Waals surface area contributed by atoms with Gasteiger partial charge in [0, 0.05) is 51.0 Å². The molecule has 2 aliphatic heterocycles. The molecule has 0 spiro atoms. The average Bonchev–Trinajstić information content (AvgIpc) is 2.68. The van der Waals surface area contributed by atoms with Gasteiger partial charge in [-0.15, -0.1) is 0 Å². The molecule has 2 heterocycles. The Morgan fingerprint density at radius 2 is 1.69 bits per heavy atom. The maximum absolute atomic E-state index is 11.4. The molecule has 2 saturated heterocycles. The van der Waals surface area contributed by atoms with Crippen LogP contribution in [0.5, 0.6) is 5.75 Å². The second-order valence-electron chi connectivity index (χ2n) is 7.58. The number of aromatic hydroxyl groups is 1. The highest BCUT2D eigenvalue weighted by Gasteiger charge is 2.26. The van der Waals surface area contributed by atoms with E-state index in [1.807, 2.05) is 12.1 Å². The van der Waals surface area contributed by atoms with Gasteiger partial charge >= 0.3 is 0 Å². The number of piperidine rings is 1. The SMILES string of the molecule is CN1CCN(C2CCN(c3ccc4ccc(O)c(C=O)c4c3)CC2)CC1. The average molecular weight is 353 g/mol. The van der Waals surface area contributed by atoms with E-state index in [0.717, 1.165) is 35.8 Å². The molecule has 0 unspecified atom stereocenters. The summed E-state index contributed by atoms with van der Waals surface area (Å²) in [6.07, 6.45) is 3.12. The Labute approximate surface area is 154 Å². The van der Waals surface area contributed by atoms with Crippen LogP contribution in [0.25, 0.3) is 10.8 Å². The first kappa shape index (κ1) is 17.3. The molecule has 0 amide bonds. The summed E-state index contributed by atoms with van der Waals surface area (Å²) >= 11 is 0. The highest BCUT2D eigenvalue weighted by Crippen LogP contribution is 2.31. The lowest BCUT2D eigenvalue weighted by atomic mass is 9.99. The summed E-state index contributed by atoms with van der Waals surface area (Å²) in [5.41, 5.74) is 1.53. The van der Waals surface area contributed by atoms with Crippen molar-refractivity contribution in [2.45, 2.75) is 18.9 Å². The lowest BCUT2D eigenvalue weighted by molar-refractivity contribution is 0.0982. The van der Waals surface area contributed by atoms with Gasteiger partial charge in [0.1, 0.15) is 5.75 Å². The molecule has 4 rings (SSSR count). The Balaban J connectivity index is 1.48. The molecule has 5 heteroatoms. The Bertz CT molecular complexity index is 791. The third kappa shape index (κ3) is 3.29. The van der Waals surface area contributed by atoms with E-state index in [-0.39, 0.29) is 5.75 Å². The highest BCUT2D eigenvalue weighted by atomic mass is 16.3. The number of aldehydes is 1. The Morgan fingerprint density at radius 3 is 2.38 bits per heavy atom. The quantitative estimate of drug-likeness (QED) is 0.860. The summed E-state index contributed by atoms with van der Waals surface area (Å²) in [7, 11) is 2.20. The van der Waals surface area contributed by atoms with Gasteiger partial charge in [-0.25, -0.2) is 0 Å². The van der Waals surface area contributed by atoms with Gasteiger partial charge in [-0.2, -0.15) is 0 Å². The van der Waals surface area contributed by atoms with E-state index in [4.69, 9.17) is 0 Å². The lowest BCUT2D eigenvalue weighted by Gasteiger charge is -2.42. The van der Waals surface area contributed by atoms with Crippen LogP contribution in [0.2, 0.25) is 0 Å². The van der Waals surface area contributed by atoms with Crippen molar-refractivity contribution in [3.05, 3.63) is 35.9 Å². The van der Waals surface area contributed by atoms with E-state index < -0.39 is 0 Å². The number of fused-ring (bicyclic) bond motifs is 1. The van der Waals surface area contributed by atoms with Crippen molar-refractivity contribution in [3.63, 3.8) is 0 Å². The van der Waals surface area contributed by atoms with E-state index >= 15 is 0 Å². The number of anilines is 1. The predicted octanol–water partition coefficient (Wildman–Crippen LogP) is 2.57. The van der Waals surface area contributed by atoms with E-state index in [2.05, 4.69) is 33.9 Å². The van der Waals surface area contributed by atoms with Crippen LogP contribution < -0.4 is 4.90 Å². The van der Waals surface area contributed by atoms with Crippen molar-refractivity contribution in [1.82, 2.24) is 9.80 Å². The van der Waals surface area contributed by atoms with Crippen molar-refractivity contribution in [1.29, 1.82) is 0 Å². The number of phenols is 1. The van der Waals surface area contributed by atoms with Crippen molar-refractivity contribution in [2.75, 3.05) is 51.2 Å². The summed E-state index contributed by atoms with van der Waals surface area (Å²) in [6, 6.07) is 10.4. The first-order valence-corrected chi connectivity index (χ1v) is 9.54. The van der Waals surface area contributed by atoms with Crippen LogP contribution in [-0.4, -0.2) is 73.6 Å². The van der Waals surface area contributed by atoms with E-state index in [9.17, 15) is 9.90 Å². The van der Waals surface area contributed by atoms with Crippen LogP contribution in [0.3, 0.4) is 0 Å². The van der Waals surface area contributed by atoms with Crippen molar-refractivity contribution >= 4 is 22.7 Å². The fraction of sp³-hybridized carbons (Fsp3) is 0.476. The first-order chi connectivity index (χ1) is 12.7. The Morgan fingerprint density at radius 1 is 1.00 bits per heavy atom. The van der Waals surface area contributed by atoms with Crippen LogP contribution in [0, 0.1) is 0 Å². The second-order valence-corrected chi connectivity index (χ2v) is 7.58. The molecule has 0 bridgehead atoms. The molecular weight excluding hydrogens is 326 g/mol. The molecule has 2 fully saturated rings. The summed E-state index contributed by atoms with van der Waals surface area (Å²) in [5.74, 6) is 0.0541. The molecule has 138 valence electrons. The van der Waals surface area contributed by atoms with Gasteiger partial charge in [-0.1, -0.05) is 12.1 Å².